The maximum Gasteiger partial charge on any atom is 0.416 e. The van der Waals surface area contributed by atoms with Crippen LogP contribution in [0.15, 0.2) is 36.4 Å². The first-order valence-electron chi connectivity index (χ1n) is 9.44. The molecular weight excluding hydrogens is 423 g/mol. The third kappa shape index (κ3) is 6.72. The highest BCUT2D eigenvalue weighted by Crippen LogP contribution is 2.48. The van der Waals surface area contributed by atoms with Crippen LogP contribution in [0.4, 0.5) is 28.9 Å². The third-order valence-electron chi connectivity index (χ3n) is 4.29. The van der Waals surface area contributed by atoms with Crippen LogP contribution in [0.5, 0.6) is 0 Å². The summed E-state index contributed by atoms with van der Waals surface area (Å²) < 4.78 is 76.5. The van der Waals surface area contributed by atoms with Crippen molar-refractivity contribution in [3.63, 3.8) is 0 Å². The smallest absolute Gasteiger partial charge is 0.397 e. The molecule has 0 unspecified atom stereocenters. The van der Waals surface area contributed by atoms with E-state index in [0.717, 1.165) is 6.07 Å². The zero-order chi connectivity index (χ0) is 22.4. The quantitative estimate of drug-likeness (QED) is 0.271. The molecule has 30 heavy (non-hydrogen) atoms. The zero-order valence-corrected chi connectivity index (χ0v) is 17.7. The van der Waals surface area contributed by atoms with Crippen molar-refractivity contribution in [2.75, 3.05) is 30.6 Å². The fourth-order valence-corrected chi connectivity index (χ4v) is 4.33. The van der Waals surface area contributed by atoms with Crippen LogP contribution in [0.2, 0.25) is 0 Å². The van der Waals surface area contributed by atoms with E-state index in [0.29, 0.717) is 5.56 Å². The molecule has 0 aliphatic rings. The standard InChI is InChI=1S/C20H25F4N2O3P/c1-3-28-30(27,29-4-2)13-26-19-11-15(17(12-18(19)25)20(22,23)24)8-5-14-6-9-16(21)10-7-14/h6-7,9-12,26H,3-5,8,13,25H2,1-2H3. The predicted octanol–water partition coefficient (Wildman–Crippen LogP) is 5.85. The summed E-state index contributed by atoms with van der Waals surface area (Å²) in [5, 5.41) is 2.79. The van der Waals surface area contributed by atoms with Crippen molar-refractivity contribution in [3.05, 3.63) is 58.9 Å². The van der Waals surface area contributed by atoms with Gasteiger partial charge >= 0.3 is 13.8 Å². The van der Waals surface area contributed by atoms with Crippen LogP contribution < -0.4 is 11.1 Å². The summed E-state index contributed by atoms with van der Waals surface area (Å²) in [4.78, 5) is 0. The van der Waals surface area contributed by atoms with Crippen LogP contribution in [0.3, 0.4) is 0 Å². The maximum absolute atomic E-state index is 13.5. The average Bonchev–Trinajstić information content (AvgIpc) is 2.66. The molecule has 2 rings (SSSR count). The van der Waals surface area contributed by atoms with E-state index in [1.165, 1.54) is 30.3 Å². The van der Waals surface area contributed by atoms with E-state index in [1.807, 2.05) is 0 Å². The van der Waals surface area contributed by atoms with Crippen molar-refractivity contribution in [3.8, 4) is 0 Å². The first-order valence-corrected chi connectivity index (χ1v) is 11.2. The minimum Gasteiger partial charge on any atom is -0.397 e. The second kappa shape index (κ2) is 10.3. The van der Waals surface area contributed by atoms with Gasteiger partial charge < -0.3 is 20.1 Å². The minimum absolute atomic E-state index is 0.0196. The van der Waals surface area contributed by atoms with Crippen LogP contribution in [0.25, 0.3) is 0 Å². The molecular formula is C20H25F4N2O3P. The van der Waals surface area contributed by atoms with Crippen molar-refractivity contribution < 1.29 is 31.2 Å². The van der Waals surface area contributed by atoms with E-state index >= 15 is 0 Å². The fourth-order valence-electron chi connectivity index (χ4n) is 2.92. The van der Waals surface area contributed by atoms with E-state index in [9.17, 15) is 22.1 Å². The van der Waals surface area contributed by atoms with Gasteiger partial charge in [-0.2, -0.15) is 13.2 Å². The molecule has 2 aromatic rings. The van der Waals surface area contributed by atoms with Crippen molar-refractivity contribution in [2.24, 2.45) is 0 Å². The highest BCUT2D eigenvalue weighted by atomic mass is 31.2. The monoisotopic (exact) mass is 448 g/mol. The highest BCUT2D eigenvalue weighted by Gasteiger charge is 2.34. The molecule has 0 saturated heterocycles. The number of rotatable bonds is 10. The Bertz CT molecular complexity index is 879. The number of nitrogens with one attached hydrogen (secondary N) is 1. The molecule has 0 atom stereocenters. The number of halogens is 4. The molecule has 0 amide bonds. The van der Waals surface area contributed by atoms with Crippen LogP contribution in [-0.2, 0) is 32.6 Å². The number of nitrogen functional groups attached to an aromatic ring is 1. The van der Waals surface area contributed by atoms with E-state index < -0.39 is 25.2 Å². The van der Waals surface area contributed by atoms with E-state index in [-0.39, 0.29) is 49.3 Å². The van der Waals surface area contributed by atoms with Gasteiger partial charge in [-0.15, -0.1) is 0 Å². The lowest BCUT2D eigenvalue weighted by atomic mass is 9.98. The van der Waals surface area contributed by atoms with Crippen molar-refractivity contribution in [1.82, 2.24) is 0 Å². The number of benzene rings is 2. The Morgan fingerprint density at radius 2 is 1.63 bits per heavy atom. The number of nitrogens with two attached hydrogens (primary N) is 1. The minimum atomic E-state index is -4.59. The normalized spacial score (nSPS) is 12.2. The van der Waals surface area contributed by atoms with E-state index in [1.54, 1.807) is 13.8 Å². The van der Waals surface area contributed by atoms with Crippen LogP contribution >= 0.6 is 7.60 Å². The SMILES string of the molecule is CCOP(=O)(CNc1cc(CCc2ccc(F)cc2)c(C(F)(F)F)cc1N)OCC. The van der Waals surface area contributed by atoms with Crippen molar-refractivity contribution in [1.29, 1.82) is 0 Å². The summed E-state index contributed by atoms with van der Waals surface area (Å²) in [6.07, 6.45) is -4.48. The molecule has 3 N–H and O–H groups in total. The van der Waals surface area contributed by atoms with Crippen LogP contribution in [-0.4, -0.2) is 19.5 Å². The zero-order valence-electron chi connectivity index (χ0n) is 16.8. The largest absolute Gasteiger partial charge is 0.416 e. The van der Waals surface area contributed by atoms with E-state index in [4.69, 9.17) is 14.8 Å². The lowest BCUT2D eigenvalue weighted by molar-refractivity contribution is -0.138. The first-order chi connectivity index (χ1) is 14.1. The molecule has 10 heteroatoms. The molecule has 5 nitrogen and oxygen atoms in total. The van der Waals surface area contributed by atoms with Gasteiger partial charge in [-0.3, -0.25) is 4.57 Å². The average molecular weight is 448 g/mol. The Labute approximate surface area is 173 Å². The molecule has 0 aromatic heterocycles. The van der Waals surface area contributed by atoms with E-state index in [2.05, 4.69) is 5.32 Å². The van der Waals surface area contributed by atoms with Gasteiger partial charge in [0.2, 0.25) is 0 Å². The molecule has 0 aliphatic heterocycles. The highest BCUT2D eigenvalue weighted by molar-refractivity contribution is 7.53. The molecule has 0 saturated carbocycles. The Kier molecular flexibility index (Phi) is 8.29. The fraction of sp³-hybridized carbons (Fsp3) is 0.400. The summed E-state index contributed by atoms with van der Waals surface area (Å²) in [6.45, 7) is 3.63. The molecule has 166 valence electrons. The second-order valence-corrected chi connectivity index (χ2v) is 8.56. The summed E-state index contributed by atoms with van der Waals surface area (Å²) in [5.74, 6) is -0.415. The van der Waals surface area contributed by atoms with Crippen molar-refractivity contribution in [2.45, 2.75) is 32.9 Å². The molecule has 0 aliphatic carbocycles. The number of anilines is 2. The lowest BCUT2D eigenvalue weighted by Crippen LogP contribution is -2.14. The summed E-state index contributed by atoms with van der Waals surface area (Å²) in [5.41, 5.74) is 5.77. The number of aryl methyl sites for hydroxylation is 2. The Morgan fingerprint density at radius 1 is 1.03 bits per heavy atom. The van der Waals surface area contributed by atoms with Gasteiger partial charge in [-0.25, -0.2) is 4.39 Å². The molecule has 0 radical (unpaired) electrons. The first kappa shape index (κ1) is 24.2. The van der Waals surface area contributed by atoms with Gasteiger partial charge in [0.15, 0.2) is 0 Å². The molecule has 0 fully saturated rings. The van der Waals surface area contributed by atoms with Crippen LogP contribution in [0.1, 0.15) is 30.5 Å². The van der Waals surface area contributed by atoms with Gasteiger partial charge in [0.1, 0.15) is 12.1 Å². The Balaban J connectivity index is 2.28. The van der Waals surface area contributed by atoms with Gasteiger partial charge in [-0.05, 0) is 62.1 Å². The van der Waals surface area contributed by atoms with Gasteiger partial charge in [0.05, 0.1) is 30.2 Å². The third-order valence-corrected chi connectivity index (χ3v) is 6.14. The molecule has 0 heterocycles. The van der Waals surface area contributed by atoms with Gasteiger partial charge in [0.25, 0.3) is 0 Å². The predicted molar refractivity (Wildman–Crippen MR) is 109 cm³/mol. The Hall–Kier alpha value is -2.09. The number of hydrogen-bond acceptors (Lipinski definition) is 5. The maximum atomic E-state index is 13.5. The lowest BCUT2D eigenvalue weighted by Gasteiger charge is -2.21. The summed E-state index contributed by atoms with van der Waals surface area (Å²) in [6, 6.07) is 7.72. The molecule has 0 spiro atoms. The van der Waals surface area contributed by atoms with Crippen molar-refractivity contribution >= 4 is 19.0 Å². The molecule has 2 aromatic carbocycles. The summed E-state index contributed by atoms with van der Waals surface area (Å²) in [7, 11) is -3.46. The molecule has 0 bridgehead atoms. The second-order valence-electron chi connectivity index (χ2n) is 6.50. The summed E-state index contributed by atoms with van der Waals surface area (Å²) >= 11 is 0. The number of alkyl halides is 3. The van der Waals surface area contributed by atoms with Gasteiger partial charge in [-0.1, -0.05) is 12.1 Å². The number of hydrogen-bond donors (Lipinski definition) is 2. The Morgan fingerprint density at radius 3 is 2.17 bits per heavy atom. The van der Waals surface area contributed by atoms with Gasteiger partial charge in [0, 0.05) is 0 Å². The van der Waals surface area contributed by atoms with Crippen LogP contribution in [0, 0.1) is 5.82 Å². The topological polar surface area (TPSA) is 73.6 Å².